The maximum absolute atomic E-state index is 9.80. The van der Waals surface area contributed by atoms with Crippen molar-refractivity contribution in [1.82, 2.24) is 9.97 Å². The van der Waals surface area contributed by atoms with E-state index >= 15 is 0 Å². The summed E-state index contributed by atoms with van der Waals surface area (Å²) in [5.41, 5.74) is 10.0. The van der Waals surface area contributed by atoms with Crippen molar-refractivity contribution in [2.24, 2.45) is 17.0 Å². The molecule has 28 heavy (non-hydrogen) atoms. The van der Waals surface area contributed by atoms with Crippen molar-refractivity contribution in [1.29, 1.82) is 0 Å². The largest absolute Gasteiger partial charge is 0.386 e. The third kappa shape index (κ3) is 5.50. The number of nitrogens with zero attached hydrogens (tertiary/aromatic N) is 5. The predicted octanol–water partition coefficient (Wildman–Crippen LogP) is 4.37. The van der Waals surface area contributed by atoms with Crippen LogP contribution in [0.1, 0.15) is 23.5 Å². The second-order valence-corrected chi connectivity index (χ2v) is 8.08. The van der Waals surface area contributed by atoms with E-state index in [2.05, 4.69) is 51.9 Å². The third-order valence-electron chi connectivity index (χ3n) is 4.48. The number of pyridine rings is 2. The summed E-state index contributed by atoms with van der Waals surface area (Å²) in [4.78, 5) is 11.3. The van der Waals surface area contributed by atoms with Crippen LogP contribution < -0.4 is 0 Å². The minimum absolute atomic E-state index is 0.210. The molecule has 10 heteroatoms. The molecule has 2 aliphatic rings. The molecule has 0 amide bonds. The number of ether oxygens (including phenoxy) is 2. The third-order valence-corrected chi connectivity index (χ3v) is 5.36. The summed E-state index contributed by atoms with van der Waals surface area (Å²) >= 11 is 6.56. The summed E-state index contributed by atoms with van der Waals surface area (Å²) in [7, 11) is 0. The summed E-state index contributed by atoms with van der Waals surface area (Å²) in [5.74, 6) is 0.462. The molecular formula is C18H19Br2N5O3. The molecule has 0 aliphatic carbocycles. The molecule has 2 aromatic heterocycles. The number of rotatable bonds is 5. The Hall–Kier alpha value is -1.55. The highest BCUT2D eigenvalue weighted by Gasteiger charge is 2.30. The first-order valence-corrected chi connectivity index (χ1v) is 10.3. The molecule has 0 saturated carbocycles. The van der Waals surface area contributed by atoms with Gasteiger partial charge < -0.3 is 14.6 Å². The molecule has 1 N–H and O–H groups in total. The maximum atomic E-state index is 9.80. The zero-order valence-electron chi connectivity index (χ0n) is 14.9. The Morgan fingerprint density at radius 1 is 0.964 bits per heavy atom. The van der Waals surface area contributed by atoms with E-state index < -0.39 is 6.10 Å². The summed E-state index contributed by atoms with van der Waals surface area (Å²) in [6.07, 6.45) is -0.494. The second kappa shape index (κ2) is 10.3. The van der Waals surface area contributed by atoms with Gasteiger partial charge in [0.25, 0.3) is 0 Å². The number of azide groups is 1. The average molecular weight is 513 g/mol. The zero-order chi connectivity index (χ0) is 19.9. The quantitative estimate of drug-likeness (QED) is 0.276. The van der Waals surface area contributed by atoms with Crippen LogP contribution in [-0.2, 0) is 9.47 Å². The van der Waals surface area contributed by atoms with Gasteiger partial charge in [-0.05, 0) is 61.7 Å². The van der Waals surface area contributed by atoms with Crippen molar-refractivity contribution in [2.45, 2.75) is 12.1 Å². The van der Waals surface area contributed by atoms with Gasteiger partial charge in [-0.3, -0.25) is 0 Å². The standard InChI is InChI=1S/C9H9BrN4O.C9H10BrNO2/c10-8-3-1-2-7(12-8)9(13-14-11)6-4-15-5-6;10-8-3-1-2-7(11-8)9(12)6-4-13-5-6/h1-3,6,9H,4-5H2;1-3,6,9,12H,4-5H2. The van der Waals surface area contributed by atoms with Crippen LogP contribution in [0.25, 0.3) is 10.4 Å². The first kappa shape index (κ1) is 21.2. The van der Waals surface area contributed by atoms with Crippen LogP contribution in [0.4, 0.5) is 0 Å². The van der Waals surface area contributed by atoms with Crippen molar-refractivity contribution in [2.75, 3.05) is 26.4 Å². The fourth-order valence-corrected chi connectivity index (χ4v) is 3.46. The molecule has 2 saturated heterocycles. The second-order valence-electron chi connectivity index (χ2n) is 6.46. The highest BCUT2D eigenvalue weighted by molar-refractivity contribution is 9.10. The van der Waals surface area contributed by atoms with E-state index in [1.165, 1.54) is 0 Å². The van der Waals surface area contributed by atoms with E-state index in [0.717, 1.165) is 14.9 Å². The van der Waals surface area contributed by atoms with Crippen LogP contribution in [-0.4, -0.2) is 41.5 Å². The molecule has 0 radical (unpaired) electrons. The Balaban J connectivity index is 0.000000162. The predicted molar refractivity (Wildman–Crippen MR) is 109 cm³/mol. The molecule has 2 aliphatic heterocycles. The van der Waals surface area contributed by atoms with Crippen LogP contribution in [0.5, 0.6) is 0 Å². The van der Waals surface area contributed by atoms with Gasteiger partial charge in [0.1, 0.15) is 15.3 Å². The fraction of sp³-hybridized carbons (Fsp3) is 0.444. The normalized spacial score (nSPS) is 18.5. The molecular weight excluding hydrogens is 494 g/mol. The molecule has 4 rings (SSSR count). The average Bonchev–Trinajstić information content (AvgIpc) is 2.59. The molecule has 2 unspecified atom stereocenters. The Bertz CT molecular complexity index is 841. The van der Waals surface area contributed by atoms with E-state index in [1.54, 1.807) is 0 Å². The van der Waals surface area contributed by atoms with Crippen molar-refractivity contribution >= 4 is 31.9 Å². The number of halogens is 2. The van der Waals surface area contributed by atoms with Gasteiger partial charge in [0.05, 0.1) is 43.9 Å². The fourth-order valence-electron chi connectivity index (χ4n) is 2.74. The molecule has 0 aromatic carbocycles. The van der Waals surface area contributed by atoms with Crippen molar-refractivity contribution < 1.29 is 14.6 Å². The van der Waals surface area contributed by atoms with Gasteiger partial charge in [-0.15, -0.1) is 0 Å². The molecule has 8 nitrogen and oxygen atoms in total. The van der Waals surface area contributed by atoms with Gasteiger partial charge in [-0.2, -0.15) is 0 Å². The molecule has 0 spiro atoms. The minimum atomic E-state index is -0.494. The maximum Gasteiger partial charge on any atom is 0.106 e. The zero-order valence-corrected chi connectivity index (χ0v) is 18.0. The van der Waals surface area contributed by atoms with Crippen LogP contribution in [0.3, 0.4) is 0 Å². The van der Waals surface area contributed by atoms with E-state index in [0.29, 0.717) is 32.1 Å². The Labute approximate surface area is 179 Å². The molecule has 148 valence electrons. The van der Waals surface area contributed by atoms with Crippen LogP contribution in [0, 0.1) is 11.8 Å². The highest BCUT2D eigenvalue weighted by atomic mass is 79.9. The Kier molecular flexibility index (Phi) is 7.78. The van der Waals surface area contributed by atoms with Crippen LogP contribution in [0.2, 0.25) is 0 Å². The monoisotopic (exact) mass is 511 g/mol. The summed E-state index contributed by atoms with van der Waals surface area (Å²) in [6.45, 7) is 2.54. The smallest absolute Gasteiger partial charge is 0.106 e. The van der Waals surface area contributed by atoms with Gasteiger partial charge in [0.2, 0.25) is 0 Å². The first-order chi connectivity index (χ1) is 13.6. The Morgan fingerprint density at radius 2 is 1.50 bits per heavy atom. The molecule has 0 bridgehead atoms. The lowest BCUT2D eigenvalue weighted by Crippen LogP contribution is -2.33. The number of aliphatic hydroxyl groups is 1. The molecule has 2 aromatic rings. The molecule has 2 fully saturated rings. The van der Waals surface area contributed by atoms with Crippen molar-refractivity contribution in [3.63, 3.8) is 0 Å². The van der Waals surface area contributed by atoms with Gasteiger partial charge in [0.15, 0.2) is 0 Å². The molecule has 2 atom stereocenters. The summed E-state index contributed by atoms with van der Waals surface area (Å²) < 4.78 is 11.6. The lowest BCUT2D eigenvalue weighted by Gasteiger charge is -2.30. The highest BCUT2D eigenvalue weighted by Crippen LogP contribution is 2.31. The molecule has 4 heterocycles. The SMILES string of the molecule is OC(c1cccc(Br)n1)C1COC1.[N-]=[N+]=NC(c1cccc(Br)n1)C1COC1. The van der Waals surface area contributed by atoms with Gasteiger partial charge in [-0.1, -0.05) is 17.2 Å². The Morgan fingerprint density at radius 3 is 1.96 bits per heavy atom. The van der Waals surface area contributed by atoms with Crippen LogP contribution >= 0.6 is 31.9 Å². The lowest BCUT2D eigenvalue weighted by atomic mass is 9.96. The minimum Gasteiger partial charge on any atom is -0.386 e. The van der Waals surface area contributed by atoms with E-state index in [9.17, 15) is 5.11 Å². The van der Waals surface area contributed by atoms with Crippen molar-refractivity contribution in [3.05, 3.63) is 67.4 Å². The number of aromatic nitrogens is 2. The first-order valence-electron chi connectivity index (χ1n) is 8.71. The lowest BCUT2D eigenvalue weighted by molar-refractivity contribution is -0.0936. The van der Waals surface area contributed by atoms with E-state index in [1.807, 2.05) is 36.4 Å². The number of hydrogen-bond donors (Lipinski definition) is 1. The van der Waals surface area contributed by atoms with E-state index in [-0.39, 0.29) is 17.9 Å². The van der Waals surface area contributed by atoms with Gasteiger partial charge >= 0.3 is 0 Å². The van der Waals surface area contributed by atoms with Gasteiger partial charge in [-0.25, -0.2) is 9.97 Å². The number of aliphatic hydroxyl groups excluding tert-OH is 1. The summed E-state index contributed by atoms with van der Waals surface area (Å²) in [6, 6.07) is 10.9. The summed E-state index contributed by atoms with van der Waals surface area (Å²) in [5, 5.41) is 13.6. The topological polar surface area (TPSA) is 113 Å². The van der Waals surface area contributed by atoms with Gasteiger partial charge in [0, 0.05) is 16.7 Å². The number of hydrogen-bond acceptors (Lipinski definition) is 6. The van der Waals surface area contributed by atoms with Crippen LogP contribution in [0.15, 0.2) is 50.7 Å². The van der Waals surface area contributed by atoms with E-state index in [4.69, 9.17) is 15.0 Å². The van der Waals surface area contributed by atoms with Crippen molar-refractivity contribution in [3.8, 4) is 0 Å².